The van der Waals surface area contributed by atoms with E-state index >= 15 is 0 Å². The minimum Gasteiger partial charge on any atom is -0.507 e. The number of phenolic OH excluding ortho intramolecular Hbond substituents is 1. The molecule has 3 fully saturated rings. The number of aryl methyl sites for hydroxylation is 2. The van der Waals surface area contributed by atoms with Crippen molar-refractivity contribution < 1.29 is 24.3 Å². The van der Waals surface area contributed by atoms with E-state index in [1.54, 1.807) is 6.92 Å². The Morgan fingerprint density at radius 2 is 1.36 bits per heavy atom. The molecule has 2 aliphatic heterocycles. The van der Waals surface area contributed by atoms with E-state index in [1.807, 2.05) is 32.9 Å². The molecular weight excluding hydrogens is 420 g/mol. The van der Waals surface area contributed by atoms with Gasteiger partial charge in [-0.1, -0.05) is 23.8 Å². The van der Waals surface area contributed by atoms with Gasteiger partial charge in [-0.2, -0.15) is 0 Å². The predicted molar refractivity (Wildman–Crippen MR) is 120 cm³/mol. The molecule has 0 bridgehead atoms. The van der Waals surface area contributed by atoms with Crippen molar-refractivity contribution in [2.75, 3.05) is 13.1 Å². The van der Waals surface area contributed by atoms with Crippen molar-refractivity contribution in [3.63, 3.8) is 0 Å². The molecule has 0 radical (unpaired) electrons. The molecule has 4 aliphatic rings. The standard InChI is InChI=1S/C26H30N2O5/c1-5-27-23(30)16-8-7-15-17(20(16)25(27)32)11-18-21(26(33)28(6-2)24(18)31)19(15)14-9-12(3)22(29)13(4)10-14/h7,9-10,16-21,29H,5-6,8,11H2,1-4H3. The molecule has 7 heteroatoms. The van der Waals surface area contributed by atoms with Crippen LogP contribution in [0.25, 0.3) is 0 Å². The Morgan fingerprint density at radius 3 is 1.94 bits per heavy atom. The quantitative estimate of drug-likeness (QED) is 0.564. The smallest absolute Gasteiger partial charge is 0.234 e. The van der Waals surface area contributed by atoms with E-state index in [2.05, 4.69) is 6.08 Å². The molecule has 1 N–H and O–H groups in total. The highest BCUT2D eigenvalue weighted by molar-refractivity contribution is 6.07. The summed E-state index contributed by atoms with van der Waals surface area (Å²) >= 11 is 0. The molecule has 6 atom stereocenters. The van der Waals surface area contributed by atoms with Gasteiger partial charge in [0.05, 0.1) is 23.7 Å². The van der Waals surface area contributed by atoms with Crippen LogP contribution in [-0.4, -0.2) is 51.6 Å². The number of nitrogens with zero attached hydrogens (tertiary/aromatic N) is 2. The van der Waals surface area contributed by atoms with Gasteiger partial charge in [-0.15, -0.1) is 0 Å². The van der Waals surface area contributed by atoms with Gasteiger partial charge in [0.25, 0.3) is 0 Å². The number of benzene rings is 1. The lowest BCUT2D eigenvalue weighted by molar-refractivity contribution is -0.141. The van der Waals surface area contributed by atoms with Gasteiger partial charge < -0.3 is 5.11 Å². The van der Waals surface area contributed by atoms with E-state index in [1.165, 1.54) is 9.80 Å². The molecular formula is C26H30N2O5. The van der Waals surface area contributed by atoms with Gasteiger partial charge in [-0.25, -0.2) is 0 Å². The highest BCUT2D eigenvalue weighted by Crippen LogP contribution is 2.58. The molecule has 0 spiro atoms. The van der Waals surface area contributed by atoms with Gasteiger partial charge in [0.1, 0.15) is 5.75 Å². The molecule has 33 heavy (non-hydrogen) atoms. The second-order valence-corrected chi connectivity index (χ2v) is 9.87. The maximum Gasteiger partial charge on any atom is 0.234 e. The van der Waals surface area contributed by atoms with Crippen LogP contribution < -0.4 is 0 Å². The highest BCUT2D eigenvalue weighted by Gasteiger charge is 2.61. The zero-order chi connectivity index (χ0) is 23.8. The third-order valence-corrected chi connectivity index (χ3v) is 8.34. The summed E-state index contributed by atoms with van der Waals surface area (Å²) in [4.78, 5) is 55.5. The fourth-order valence-corrected chi connectivity index (χ4v) is 6.89. The summed E-state index contributed by atoms with van der Waals surface area (Å²) in [7, 11) is 0. The number of hydrogen-bond acceptors (Lipinski definition) is 5. The summed E-state index contributed by atoms with van der Waals surface area (Å²) in [5.74, 6) is -2.86. The Kier molecular flexibility index (Phi) is 4.99. The Hall–Kier alpha value is -2.96. The maximum absolute atomic E-state index is 13.4. The fraction of sp³-hybridized carbons (Fsp3) is 0.538. The molecule has 4 amide bonds. The summed E-state index contributed by atoms with van der Waals surface area (Å²) < 4.78 is 0. The summed E-state index contributed by atoms with van der Waals surface area (Å²) in [6.45, 7) is 7.93. The van der Waals surface area contributed by atoms with E-state index in [9.17, 15) is 24.3 Å². The number of carbonyl (C=O) groups is 4. The summed E-state index contributed by atoms with van der Waals surface area (Å²) in [6.07, 6.45) is 2.95. The van der Waals surface area contributed by atoms with Crippen molar-refractivity contribution in [1.82, 2.24) is 9.80 Å². The number of rotatable bonds is 3. The van der Waals surface area contributed by atoms with Gasteiger partial charge in [0.15, 0.2) is 0 Å². The number of hydrogen-bond donors (Lipinski definition) is 1. The van der Waals surface area contributed by atoms with Crippen molar-refractivity contribution in [2.24, 2.45) is 29.6 Å². The minimum absolute atomic E-state index is 0.123. The number of aromatic hydroxyl groups is 1. The second-order valence-electron chi connectivity index (χ2n) is 9.87. The molecule has 7 nitrogen and oxygen atoms in total. The molecule has 2 aliphatic carbocycles. The minimum atomic E-state index is -0.519. The predicted octanol–water partition coefficient (Wildman–Crippen LogP) is 2.68. The van der Waals surface area contributed by atoms with Gasteiger partial charge in [0, 0.05) is 19.0 Å². The number of allylic oxidation sites excluding steroid dienone is 2. The molecule has 1 aromatic carbocycles. The maximum atomic E-state index is 13.4. The van der Waals surface area contributed by atoms with E-state index in [0.717, 1.165) is 11.1 Å². The van der Waals surface area contributed by atoms with Gasteiger partial charge in [-0.05, 0) is 63.1 Å². The Morgan fingerprint density at radius 1 is 0.818 bits per heavy atom. The molecule has 6 unspecified atom stereocenters. The molecule has 2 saturated heterocycles. The third kappa shape index (κ3) is 2.87. The van der Waals surface area contributed by atoms with Crippen LogP contribution in [0.15, 0.2) is 23.8 Å². The second kappa shape index (κ2) is 7.54. The van der Waals surface area contributed by atoms with Crippen molar-refractivity contribution in [2.45, 2.75) is 46.5 Å². The lowest BCUT2D eigenvalue weighted by Crippen LogP contribution is -2.43. The van der Waals surface area contributed by atoms with Crippen LogP contribution in [0.5, 0.6) is 5.75 Å². The van der Waals surface area contributed by atoms with Crippen LogP contribution in [0.3, 0.4) is 0 Å². The Labute approximate surface area is 193 Å². The van der Waals surface area contributed by atoms with Crippen molar-refractivity contribution in [1.29, 1.82) is 0 Å². The number of amides is 4. The van der Waals surface area contributed by atoms with Crippen LogP contribution in [0, 0.1) is 43.4 Å². The van der Waals surface area contributed by atoms with Crippen LogP contribution >= 0.6 is 0 Å². The van der Waals surface area contributed by atoms with E-state index < -0.39 is 17.8 Å². The first-order chi connectivity index (χ1) is 15.7. The zero-order valence-corrected chi connectivity index (χ0v) is 19.5. The topological polar surface area (TPSA) is 95.0 Å². The van der Waals surface area contributed by atoms with E-state index in [4.69, 9.17) is 0 Å². The first-order valence-corrected chi connectivity index (χ1v) is 11.9. The summed E-state index contributed by atoms with van der Waals surface area (Å²) in [5, 5.41) is 10.3. The molecule has 1 saturated carbocycles. The Bertz CT molecular complexity index is 1100. The van der Waals surface area contributed by atoms with Crippen molar-refractivity contribution >= 4 is 23.6 Å². The van der Waals surface area contributed by atoms with Gasteiger partial charge >= 0.3 is 0 Å². The van der Waals surface area contributed by atoms with E-state index in [-0.39, 0.29) is 47.1 Å². The van der Waals surface area contributed by atoms with Crippen molar-refractivity contribution in [3.05, 3.63) is 40.5 Å². The lowest BCUT2D eigenvalue weighted by atomic mass is 9.57. The lowest BCUT2D eigenvalue weighted by Gasteiger charge is -2.44. The Balaban J connectivity index is 1.67. The number of imide groups is 2. The SMILES string of the molecule is CCN1C(=O)C2CC=C3C(CC4C(=O)N(CC)C(=O)C4C3c3cc(C)c(O)c(C)c3)C2C1=O. The van der Waals surface area contributed by atoms with Crippen LogP contribution in [0.4, 0.5) is 0 Å². The van der Waals surface area contributed by atoms with Crippen LogP contribution in [0.1, 0.15) is 49.3 Å². The highest BCUT2D eigenvalue weighted by atomic mass is 16.3. The average molecular weight is 451 g/mol. The van der Waals surface area contributed by atoms with Crippen LogP contribution in [-0.2, 0) is 19.2 Å². The van der Waals surface area contributed by atoms with Gasteiger partial charge in [0.2, 0.25) is 23.6 Å². The van der Waals surface area contributed by atoms with Crippen molar-refractivity contribution in [3.8, 4) is 5.75 Å². The van der Waals surface area contributed by atoms with Crippen LogP contribution in [0.2, 0.25) is 0 Å². The number of phenols is 1. The molecule has 1 aromatic rings. The van der Waals surface area contributed by atoms with E-state index in [0.29, 0.717) is 37.1 Å². The number of likely N-dealkylation sites (tertiary alicyclic amines) is 2. The first-order valence-electron chi connectivity index (χ1n) is 11.9. The summed E-state index contributed by atoms with van der Waals surface area (Å²) in [5.41, 5.74) is 3.31. The zero-order valence-electron chi connectivity index (χ0n) is 19.5. The van der Waals surface area contributed by atoms with Gasteiger partial charge in [-0.3, -0.25) is 29.0 Å². The fourth-order valence-electron chi connectivity index (χ4n) is 6.89. The number of fused-ring (bicyclic) bond motifs is 4. The first kappa shape index (κ1) is 21.9. The average Bonchev–Trinajstić information content (AvgIpc) is 3.18. The monoisotopic (exact) mass is 450 g/mol. The third-order valence-electron chi connectivity index (χ3n) is 8.34. The normalized spacial score (nSPS) is 33.3. The summed E-state index contributed by atoms with van der Waals surface area (Å²) in [6, 6.07) is 3.79. The number of carbonyl (C=O) groups excluding carboxylic acids is 4. The largest absolute Gasteiger partial charge is 0.507 e. The molecule has 5 rings (SSSR count). The molecule has 0 aromatic heterocycles. The molecule has 174 valence electrons. The molecule has 2 heterocycles.